The Morgan fingerprint density at radius 3 is 2.71 bits per heavy atom. The van der Waals surface area contributed by atoms with Gasteiger partial charge in [0.15, 0.2) is 0 Å². The SMILES string of the molecule is Cc1nc(C#Cc2cccc(Cl)c2)cn1-c1cncc(N(C)C)c1. The quantitative estimate of drug-likeness (QED) is 0.669. The van der Waals surface area contributed by atoms with Crippen molar-refractivity contribution >= 4 is 17.3 Å². The summed E-state index contributed by atoms with van der Waals surface area (Å²) in [5.41, 5.74) is 3.57. The molecule has 0 aliphatic heterocycles. The summed E-state index contributed by atoms with van der Waals surface area (Å²) in [5.74, 6) is 7.04. The van der Waals surface area contributed by atoms with Crippen LogP contribution in [0.1, 0.15) is 17.1 Å². The number of anilines is 1. The molecule has 0 aliphatic rings. The lowest BCUT2D eigenvalue weighted by molar-refractivity contribution is 0.960. The monoisotopic (exact) mass is 336 g/mol. The maximum Gasteiger partial charge on any atom is 0.132 e. The lowest BCUT2D eigenvalue weighted by atomic mass is 10.2. The Morgan fingerprint density at radius 2 is 1.96 bits per heavy atom. The van der Waals surface area contributed by atoms with E-state index >= 15 is 0 Å². The molecule has 0 radical (unpaired) electrons. The second-order valence-electron chi connectivity index (χ2n) is 5.60. The molecule has 0 unspecified atom stereocenters. The summed E-state index contributed by atoms with van der Waals surface area (Å²) < 4.78 is 1.99. The maximum absolute atomic E-state index is 5.98. The van der Waals surface area contributed by atoms with Gasteiger partial charge in [-0.3, -0.25) is 4.98 Å². The third kappa shape index (κ3) is 3.58. The number of hydrogen-bond acceptors (Lipinski definition) is 3. The molecule has 0 amide bonds. The van der Waals surface area contributed by atoms with Crippen LogP contribution in [0.4, 0.5) is 5.69 Å². The van der Waals surface area contributed by atoms with Gasteiger partial charge in [0.2, 0.25) is 0 Å². The number of halogens is 1. The molecule has 0 bridgehead atoms. The van der Waals surface area contributed by atoms with Gasteiger partial charge in [-0.2, -0.15) is 0 Å². The van der Waals surface area contributed by atoms with E-state index in [1.54, 1.807) is 0 Å². The minimum atomic E-state index is 0.676. The minimum absolute atomic E-state index is 0.676. The van der Waals surface area contributed by atoms with E-state index in [4.69, 9.17) is 11.6 Å². The van der Waals surface area contributed by atoms with Crippen LogP contribution in [0.15, 0.2) is 48.9 Å². The molecule has 0 saturated carbocycles. The number of imidazole rings is 1. The van der Waals surface area contributed by atoms with Gasteiger partial charge < -0.3 is 9.47 Å². The van der Waals surface area contributed by atoms with Crippen molar-refractivity contribution in [1.82, 2.24) is 14.5 Å². The highest BCUT2D eigenvalue weighted by atomic mass is 35.5. The lowest BCUT2D eigenvalue weighted by Gasteiger charge is -2.13. The van der Waals surface area contributed by atoms with E-state index in [1.165, 1.54) is 0 Å². The second-order valence-corrected chi connectivity index (χ2v) is 6.04. The number of aromatic nitrogens is 3. The Balaban J connectivity index is 1.93. The molecule has 5 heteroatoms. The summed E-state index contributed by atoms with van der Waals surface area (Å²) in [5, 5.41) is 0.676. The molecule has 0 N–H and O–H groups in total. The van der Waals surface area contributed by atoms with E-state index in [9.17, 15) is 0 Å². The molecule has 1 aromatic carbocycles. The van der Waals surface area contributed by atoms with Crippen LogP contribution in [0.25, 0.3) is 5.69 Å². The van der Waals surface area contributed by atoms with Crippen molar-refractivity contribution in [2.75, 3.05) is 19.0 Å². The molecule has 0 aliphatic carbocycles. The fourth-order valence-corrected chi connectivity index (χ4v) is 2.48. The van der Waals surface area contributed by atoms with E-state index < -0.39 is 0 Å². The lowest BCUT2D eigenvalue weighted by Crippen LogP contribution is -2.09. The fourth-order valence-electron chi connectivity index (χ4n) is 2.29. The predicted octanol–water partition coefficient (Wildman–Crippen LogP) is 3.69. The molecule has 4 nitrogen and oxygen atoms in total. The zero-order chi connectivity index (χ0) is 17.1. The highest BCUT2D eigenvalue weighted by molar-refractivity contribution is 6.30. The Bertz CT molecular complexity index is 932. The van der Waals surface area contributed by atoms with Crippen LogP contribution < -0.4 is 4.90 Å². The Kier molecular flexibility index (Phi) is 4.54. The minimum Gasteiger partial charge on any atom is -0.376 e. The maximum atomic E-state index is 5.98. The third-order valence-corrected chi connectivity index (χ3v) is 3.78. The van der Waals surface area contributed by atoms with Crippen LogP contribution >= 0.6 is 11.6 Å². The van der Waals surface area contributed by atoms with Gasteiger partial charge in [-0.1, -0.05) is 23.6 Å². The smallest absolute Gasteiger partial charge is 0.132 e. The average molecular weight is 337 g/mol. The molecule has 0 spiro atoms. The highest BCUT2D eigenvalue weighted by Gasteiger charge is 2.06. The van der Waals surface area contributed by atoms with Gasteiger partial charge in [-0.25, -0.2) is 4.98 Å². The first-order valence-electron chi connectivity index (χ1n) is 7.49. The summed E-state index contributed by atoms with van der Waals surface area (Å²) >= 11 is 5.98. The number of nitrogens with zero attached hydrogens (tertiary/aromatic N) is 4. The molecule has 0 atom stereocenters. The summed E-state index contributed by atoms with van der Waals surface area (Å²) in [6, 6.07) is 9.54. The average Bonchev–Trinajstić information content (AvgIpc) is 2.94. The molecule has 0 fully saturated rings. The van der Waals surface area contributed by atoms with E-state index in [2.05, 4.69) is 27.9 Å². The van der Waals surface area contributed by atoms with Gasteiger partial charge in [0.1, 0.15) is 11.5 Å². The fraction of sp³-hybridized carbons (Fsp3) is 0.158. The van der Waals surface area contributed by atoms with Gasteiger partial charge in [0.05, 0.1) is 23.8 Å². The molecular weight excluding hydrogens is 320 g/mol. The van der Waals surface area contributed by atoms with Crippen molar-refractivity contribution in [3.05, 3.63) is 71.0 Å². The summed E-state index contributed by atoms with van der Waals surface area (Å²) in [6.07, 6.45) is 5.56. The third-order valence-electron chi connectivity index (χ3n) is 3.55. The Labute approximate surface area is 146 Å². The molecule has 2 aromatic heterocycles. The largest absolute Gasteiger partial charge is 0.376 e. The first-order valence-corrected chi connectivity index (χ1v) is 7.87. The Morgan fingerprint density at radius 1 is 1.12 bits per heavy atom. The molecular formula is C19H17ClN4. The van der Waals surface area contributed by atoms with Crippen LogP contribution in [0.2, 0.25) is 5.02 Å². The van der Waals surface area contributed by atoms with E-state index in [-0.39, 0.29) is 0 Å². The van der Waals surface area contributed by atoms with Gasteiger partial charge in [-0.05, 0) is 37.1 Å². The van der Waals surface area contributed by atoms with Gasteiger partial charge in [0, 0.05) is 30.9 Å². The standard InChI is InChI=1S/C19H17ClN4/c1-14-22-17(8-7-15-5-4-6-16(20)9-15)13-24(14)19-10-18(23(2)3)11-21-12-19/h4-6,9-13H,1-3H3. The van der Waals surface area contributed by atoms with Crippen LogP contribution in [-0.2, 0) is 0 Å². The predicted molar refractivity (Wildman–Crippen MR) is 97.9 cm³/mol. The van der Waals surface area contributed by atoms with E-state index in [0.29, 0.717) is 10.7 Å². The van der Waals surface area contributed by atoms with Gasteiger partial charge >= 0.3 is 0 Å². The van der Waals surface area contributed by atoms with Crippen LogP contribution in [0.5, 0.6) is 0 Å². The molecule has 3 aromatic rings. The molecule has 3 rings (SSSR count). The first kappa shape index (κ1) is 16.1. The topological polar surface area (TPSA) is 34.0 Å². The van der Waals surface area contributed by atoms with Gasteiger partial charge in [0.25, 0.3) is 0 Å². The normalized spacial score (nSPS) is 10.2. The van der Waals surface area contributed by atoms with Crippen LogP contribution in [0.3, 0.4) is 0 Å². The molecule has 24 heavy (non-hydrogen) atoms. The highest BCUT2D eigenvalue weighted by Crippen LogP contribution is 2.17. The summed E-state index contributed by atoms with van der Waals surface area (Å²) in [7, 11) is 3.98. The summed E-state index contributed by atoms with van der Waals surface area (Å²) in [4.78, 5) is 10.8. The van der Waals surface area contributed by atoms with Crippen molar-refractivity contribution in [2.45, 2.75) is 6.92 Å². The zero-order valence-corrected chi connectivity index (χ0v) is 14.5. The van der Waals surface area contributed by atoms with E-state index in [1.807, 2.05) is 73.3 Å². The molecule has 120 valence electrons. The van der Waals surface area contributed by atoms with Gasteiger partial charge in [-0.15, -0.1) is 0 Å². The number of benzene rings is 1. The van der Waals surface area contributed by atoms with Crippen LogP contribution in [-0.4, -0.2) is 28.6 Å². The number of aryl methyl sites for hydroxylation is 1. The second kappa shape index (κ2) is 6.77. The van der Waals surface area contributed by atoms with Crippen molar-refractivity contribution in [3.63, 3.8) is 0 Å². The van der Waals surface area contributed by atoms with Crippen molar-refractivity contribution in [3.8, 4) is 17.5 Å². The Hall–Kier alpha value is -2.77. The number of hydrogen-bond donors (Lipinski definition) is 0. The number of rotatable bonds is 2. The number of pyridine rings is 1. The summed E-state index contributed by atoms with van der Waals surface area (Å²) in [6.45, 7) is 1.95. The first-order chi connectivity index (χ1) is 11.5. The van der Waals surface area contributed by atoms with Crippen molar-refractivity contribution in [2.24, 2.45) is 0 Å². The zero-order valence-electron chi connectivity index (χ0n) is 13.8. The van der Waals surface area contributed by atoms with E-state index in [0.717, 1.165) is 22.8 Å². The van der Waals surface area contributed by atoms with Crippen molar-refractivity contribution < 1.29 is 0 Å². The molecule has 0 saturated heterocycles. The van der Waals surface area contributed by atoms with Crippen LogP contribution in [0, 0.1) is 18.8 Å². The van der Waals surface area contributed by atoms with Crippen molar-refractivity contribution in [1.29, 1.82) is 0 Å². The molecule has 2 heterocycles.